The highest BCUT2D eigenvalue weighted by Crippen LogP contribution is 2.34. The summed E-state index contributed by atoms with van der Waals surface area (Å²) in [6, 6.07) is 6.34. The van der Waals surface area contributed by atoms with E-state index in [1.807, 2.05) is 37.4 Å². The van der Waals surface area contributed by atoms with Gasteiger partial charge < -0.3 is 14.6 Å². The summed E-state index contributed by atoms with van der Waals surface area (Å²) in [5, 5.41) is 11.5. The van der Waals surface area contributed by atoms with Crippen LogP contribution in [0.2, 0.25) is 0 Å². The van der Waals surface area contributed by atoms with Crippen LogP contribution in [0, 0.1) is 0 Å². The van der Waals surface area contributed by atoms with Crippen molar-refractivity contribution in [2.75, 3.05) is 18.6 Å². The highest BCUT2D eigenvalue weighted by Gasteiger charge is 2.37. The first-order valence-corrected chi connectivity index (χ1v) is 10.8. The average Bonchev–Trinajstić information content (AvgIpc) is 2.89. The number of carbonyl (C=O) groups is 2. The molecule has 0 aromatic heterocycles. The molecule has 1 atom stereocenters. The summed E-state index contributed by atoms with van der Waals surface area (Å²) in [5.41, 5.74) is 0.823. The Kier molecular flexibility index (Phi) is 7.99. The fraction of sp³-hybridized carbons (Fsp3) is 0.389. The second-order valence-corrected chi connectivity index (χ2v) is 8.25. The molecule has 0 unspecified atom stereocenters. The summed E-state index contributed by atoms with van der Waals surface area (Å²) >= 11 is 7.86. The van der Waals surface area contributed by atoms with Gasteiger partial charge in [0.05, 0.1) is 23.5 Å². The molecule has 0 spiro atoms. The first-order chi connectivity index (χ1) is 12.5. The summed E-state index contributed by atoms with van der Waals surface area (Å²) < 4.78 is 5.78. The van der Waals surface area contributed by atoms with Crippen molar-refractivity contribution in [2.24, 2.45) is 0 Å². The minimum atomic E-state index is -1.28. The van der Waals surface area contributed by atoms with Gasteiger partial charge in [-0.3, -0.25) is 9.69 Å². The molecule has 0 bridgehead atoms. The largest absolute Gasteiger partial charge is 0.548 e. The van der Waals surface area contributed by atoms with Crippen LogP contribution in [0.1, 0.15) is 25.3 Å². The molecule has 1 aliphatic heterocycles. The molecular formula is C18H20NO4S3-. The monoisotopic (exact) mass is 410 g/mol. The van der Waals surface area contributed by atoms with Crippen LogP contribution >= 0.6 is 35.7 Å². The van der Waals surface area contributed by atoms with Crippen molar-refractivity contribution in [2.45, 2.75) is 25.8 Å². The molecule has 1 heterocycles. The Bertz CT molecular complexity index is 703. The number of thiocarbonyl (C=S) groups is 1. The van der Waals surface area contributed by atoms with Crippen molar-refractivity contribution < 1.29 is 19.4 Å². The minimum absolute atomic E-state index is 0.249. The van der Waals surface area contributed by atoms with E-state index in [0.29, 0.717) is 23.7 Å². The molecule has 26 heavy (non-hydrogen) atoms. The zero-order valence-electron chi connectivity index (χ0n) is 14.6. The topological polar surface area (TPSA) is 69.7 Å². The number of carboxylic acid groups (broad SMARTS) is 1. The molecule has 8 heteroatoms. The molecule has 0 N–H and O–H groups in total. The maximum Gasteiger partial charge on any atom is 0.266 e. The van der Waals surface area contributed by atoms with Crippen LogP contribution < -0.4 is 9.84 Å². The molecule has 0 aliphatic carbocycles. The van der Waals surface area contributed by atoms with Crippen LogP contribution in [0.3, 0.4) is 0 Å². The van der Waals surface area contributed by atoms with Gasteiger partial charge in [-0.1, -0.05) is 43.0 Å². The lowest BCUT2D eigenvalue weighted by Gasteiger charge is -2.27. The third-order valence-corrected chi connectivity index (χ3v) is 5.63. The Hall–Kier alpha value is -1.51. The molecule has 5 nitrogen and oxygen atoms in total. The molecule has 1 aromatic rings. The highest BCUT2D eigenvalue weighted by molar-refractivity contribution is 8.26. The standard InChI is InChI=1S/C18H21NO4S3/c1-3-9-23-13-6-4-12(5-7-13)11-15-16(20)19(18(24)26-15)14(17(21)22)8-10-25-2/h4-7,11,14H,3,8-10H2,1-2H3,(H,21,22)/p-1/b15-11+/t14-/m0/s1. The first kappa shape index (κ1) is 20.8. The summed E-state index contributed by atoms with van der Waals surface area (Å²) in [6.45, 7) is 2.69. The van der Waals surface area contributed by atoms with E-state index < -0.39 is 12.0 Å². The second kappa shape index (κ2) is 9.99. The molecule has 1 aliphatic rings. The van der Waals surface area contributed by atoms with Gasteiger partial charge in [0.25, 0.3) is 5.91 Å². The molecule has 1 saturated heterocycles. The lowest BCUT2D eigenvalue weighted by Crippen LogP contribution is -2.50. The van der Waals surface area contributed by atoms with E-state index in [1.165, 1.54) is 11.8 Å². The van der Waals surface area contributed by atoms with E-state index >= 15 is 0 Å². The number of nitrogens with zero attached hydrogens (tertiary/aromatic N) is 1. The zero-order valence-corrected chi connectivity index (χ0v) is 17.0. The zero-order chi connectivity index (χ0) is 19.1. The van der Waals surface area contributed by atoms with Gasteiger partial charge in [-0.05, 0) is 48.6 Å². The van der Waals surface area contributed by atoms with Gasteiger partial charge in [0.2, 0.25) is 0 Å². The van der Waals surface area contributed by atoms with Gasteiger partial charge >= 0.3 is 0 Å². The van der Waals surface area contributed by atoms with Crippen molar-refractivity contribution in [1.82, 2.24) is 4.90 Å². The molecule has 0 saturated carbocycles. The lowest BCUT2D eigenvalue weighted by molar-refractivity contribution is -0.310. The van der Waals surface area contributed by atoms with Crippen LogP contribution in [0.4, 0.5) is 0 Å². The van der Waals surface area contributed by atoms with E-state index in [1.54, 1.807) is 6.08 Å². The number of ether oxygens (including phenoxy) is 1. The minimum Gasteiger partial charge on any atom is -0.548 e. The van der Waals surface area contributed by atoms with Crippen LogP contribution in [-0.4, -0.2) is 45.8 Å². The predicted molar refractivity (Wildman–Crippen MR) is 109 cm³/mol. The quantitative estimate of drug-likeness (QED) is 0.458. The molecule has 1 aromatic carbocycles. The van der Waals surface area contributed by atoms with E-state index in [2.05, 4.69) is 0 Å². The van der Waals surface area contributed by atoms with Crippen molar-refractivity contribution in [3.05, 3.63) is 34.7 Å². The molecule has 140 valence electrons. The van der Waals surface area contributed by atoms with Gasteiger partial charge in [0, 0.05) is 0 Å². The molecule has 0 radical (unpaired) electrons. The number of carboxylic acids is 1. The number of benzene rings is 1. The fourth-order valence-electron chi connectivity index (χ4n) is 2.36. The van der Waals surface area contributed by atoms with Crippen molar-refractivity contribution in [1.29, 1.82) is 0 Å². The Balaban J connectivity index is 2.16. The number of rotatable bonds is 9. The number of thioether (sulfide) groups is 2. The number of aliphatic carboxylic acids is 1. The summed E-state index contributed by atoms with van der Waals surface area (Å²) in [7, 11) is 0. The van der Waals surface area contributed by atoms with Crippen molar-refractivity contribution in [3.8, 4) is 5.75 Å². The van der Waals surface area contributed by atoms with E-state index in [-0.39, 0.29) is 10.2 Å². The van der Waals surface area contributed by atoms with E-state index in [9.17, 15) is 14.7 Å². The van der Waals surface area contributed by atoms with Gasteiger partial charge in [-0.15, -0.1) is 0 Å². The van der Waals surface area contributed by atoms with Crippen LogP contribution in [0.25, 0.3) is 6.08 Å². The lowest BCUT2D eigenvalue weighted by atomic mass is 10.1. The Morgan fingerprint density at radius 2 is 2.12 bits per heavy atom. The molecule has 1 fully saturated rings. The van der Waals surface area contributed by atoms with Crippen LogP contribution in [0.15, 0.2) is 29.2 Å². The maximum absolute atomic E-state index is 12.7. The summed E-state index contributed by atoms with van der Waals surface area (Å²) in [4.78, 5) is 25.7. The van der Waals surface area contributed by atoms with Crippen molar-refractivity contribution >= 4 is 58.0 Å². The summed E-state index contributed by atoms with van der Waals surface area (Å²) in [6.07, 6.45) is 4.82. The summed E-state index contributed by atoms with van der Waals surface area (Å²) in [5.74, 6) is -0.296. The number of hydrogen-bond acceptors (Lipinski definition) is 7. The Labute approximate surface area is 167 Å². The average molecular weight is 411 g/mol. The Morgan fingerprint density at radius 3 is 2.69 bits per heavy atom. The molecule has 2 rings (SSSR count). The third-order valence-electron chi connectivity index (χ3n) is 3.65. The number of carbonyl (C=O) groups excluding carboxylic acids is 2. The normalized spacial score (nSPS) is 17.0. The molecular weight excluding hydrogens is 390 g/mol. The van der Waals surface area contributed by atoms with Gasteiger partial charge in [-0.25, -0.2) is 0 Å². The second-order valence-electron chi connectivity index (χ2n) is 5.59. The predicted octanol–water partition coefficient (Wildman–Crippen LogP) is 2.55. The third kappa shape index (κ3) is 5.25. The van der Waals surface area contributed by atoms with Crippen LogP contribution in [0.5, 0.6) is 5.75 Å². The number of hydrogen-bond donors (Lipinski definition) is 0. The Morgan fingerprint density at radius 1 is 1.42 bits per heavy atom. The smallest absolute Gasteiger partial charge is 0.266 e. The SMILES string of the molecule is CCCOc1ccc(/C=C2/SC(=S)N([C@@H](CCSC)C(=O)[O-])C2=O)cc1. The number of amides is 1. The van der Waals surface area contributed by atoms with Crippen LogP contribution in [-0.2, 0) is 9.59 Å². The van der Waals surface area contributed by atoms with Gasteiger partial charge in [0.15, 0.2) is 0 Å². The van der Waals surface area contributed by atoms with E-state index in [0.717, 1.165) is 34.4 Å². The first-order valence-electron chi connectivity index (χ1n) is 8.17. The van der Waals surface area contributed by atoms with Gasteiger partial charge in [0.1, 0.15) is 10.1 Å². The van der Waals surface area contributed by atoms with Gasteiger partial charge in [-0.2, -0.15) is 11.8 Å². The maximum atomic E-state index is 12.7. The highest BCUT2D eigenvalue weighted by atomic mass is 32.2. The van der Waals surface area contributed by atoms with E-state index in [4.69, 9.17) is 17.0 Å². The fourth-order valence-corrected chi connectivity index (χ4v) is 4.18. The van der Waals surface area contributed by atoms with Crippen molar-refractivity contribution in [3.63, 3.8) is 0 Å². The molecule has 1 amide bonds.